The summed E-state index contributed by atoms with van der Waals surface area (Å²) in [6.07, 6.45) is 4.92. The lowest BCUT2D eigenvalue weighted by molar-refractivity contribution is -0.141. The lowest BCUT2D eigenvalue weighted by atomic mass is 9.66. The van der Waals surface area contributed by atoms with Crippen molar-refractivity contribution in [1.29, 1.82) is 0 Å². The van der Waals surface area contributed by atoms with Crippen LogP contribution in [0.15, 0.2) is 0 Å². The van der Waals surface area contributed by atoms with E-state index in [1.807, 2.05) is 0 Å². The minimum atomic E-state index is -0.788. The molecule has 0 bridgehead atoms. The van der Waals surface area contributed by atoms with Gasteiger partial charge < -0.3 is 20.5 Å². The molecule has 2 fully saturated rings. The van der Waals surface area contributed by atoms with E-state index in [9.17, 15) is 9.59 Å². The molecule has 2 amide bonds. The standard InChI is InChI=1S/C13H22N2O4/c1-19-10-5-9(6-10)15-12(18)14-8-13(3-2-4-13)7-11(16)17/h9-10H,2-8H2,1H3,(H,16,17)(H2,14,15,18). The number of carboxylic acids is 1. The van der Waals surface area contributed by atoms with Gasteiger partial charge in [0.15, 0.2) is 0 Å². The van der Waals surface area contributed by atoms with Crippen molar-refractivity contribution in [2.75, 3.05) is 13.7 Å². The Kier molecular flexibility index (Phi) is 4.29. The Hall–Kier alpha value is -1.30. The molecule has 2 aliphatic carbocycles. The zero-order valence-corrected chi connectivity index (χ0v) is 11.3. The molecule has 19 heavy (non-hydrogen) atoms. The summed E-state index contributed by atoms with van der Waals surface area (Å²) in [4.78, 5) is 22.5. The number of methoxy groups -OCH3 is 1. The summed E-state index contributed by atoms with van der Waals surface area (Å²) >= 11 is 0. The first-order valence-electron chi connectivity index (χ1n) is 6.82. The molecule has 0 spiro atoms. The number of aliphatic carboxylic acids is 1. The smallest absolute Gasteiger partial charge is 0.315 e. The summed E-state index contributed by atoms with van der Waals surface area (Å²) < 4.78 is 5.15. The highest BCUT2D eigenvalue weighted by Gasteiger charge is 2.39. The van der Waals surface area contributed by atoms with Crippen LogP contribution in [0.3, 0.4) is 0 Å². The molecule has 0 aromatic carbocycles. The monoisotopic (exact) mass is 270 g/mol. The van der Waals surface area contributed by atoms with E-state index in [1.54, 1.807) is 7.11 Å². The topological polar surface area (TPSA) is 87.7 Å². The third-order valence-corrected chi connectivity index (χ3v) is 4.33. The first kappa shape index (κ1) is 14.1. The van der Waals surface area contributed by atoms with Gasteiger partial charge in [-0.1, -0.05) is 6.42 Å². The second kappa shape index (κ2) is 5.77. The third kappa shape index (κ3) is 3.59. The second-order valence-electron chi connectivity index (χ2n) is 5.78. The number of hydrogen-bond acceptors (Lipinski definition) is 3. The van der Waals surface area contributed by atoms with Gasteiger partial charge in [0.1, 0.15) is 0 Å². The van der Waals surface area contributed by atoms with Crippen molar-refractivity contribution in [1.82, 2.24) is 10.6 Å². The van der Waals surface area contributed by atoms with Gasteiger partial charge in [-0.25, -0.2) is 4.79 Å². The molecule has 0 saturated heterocycles. The van der Waals surface area contributed by atoms with Gasteiger partial charge in [-0.15, -0.1) is 0 Å². The Morgan fingerprint density at radius 1 is 1.37 bits per heavy atom. The van der Waals surface area contributed by atoms with E-state index in [4.69, 9.17) is 9.84 Å². The molecule has 6 nitrogen and oxygen atoms in total. The lowest BCUT2D eigenvalue weighted by Gasteiger charge is -2.41. The number of amides is 2. The summed E-state index contributed by atoms with van der Waals surface area (Å²) in [5.41, 5.74) is -0.224. The molecule has 2 saturated carbocycles. The van der Waals surface area contributed by atoms with Crippen molar-refractivity contribution in [3.05, 3.63) is 0 Å². The summed E-state index contributed by atoms with van der Waals surface area (Å²) in [5.74, 6) is -0.788. The van der Waals surface area contributed by atoms with Crippen LogP contribution in [0.2, 0.25) is 0 Å². The van der Waals surface area contributed by atoms with Gasteiger partial charge in [-0.3, -0.25) is 4.79 Å². The Bertz CT molecular complexity index is 349. The van der Waals surface area contributed by atoms with Gasteiger partial charge in [-0.2, -0.15) is 0 Å². The summed E-state index contributed by atoms with van der Waals surface area (Å²) in [5, 5.41) is 14.6. The molecule has 2 aliphatic rings. The third-order valence-electron chi connectivity index (χ3n) is 4.33. The Morgan fingerprint density at radius 2 is 2.05 bits per heavy atom. The number of carbonyl (C=O) groups excluding carboxylic acids is 1. The number of urea groups is 1. The predicted molar refractivity (Wildman–Crippen MR) is 68.9 cm³/mol. The van der Waals surface area contributed by atoms with E-state index in [0.29, 0.717) is 6.54 Å². The van der Waals surface area contributed by atoms with Gasteiger partial charge in [0.2, 0.25) is 0 Å². The van der Waals surface area contributed by atoms with E-state index >= 15 is 0 Å². The van der Waals surface area contributed by atoms with Crippen molar-refractivity contribution >= 4 is 12.0 Å². The Balaban J connectivity index is 1.67. The average Bonchev–Trinajstić information content (AvgIpc) is 2.25. The molecule has 0 aromatic heterocycles. The Morgan fingerprint density at radius 3 is 2.53 bits per heavy atom. The minimum Gasteiger partial charge on any atom is -0.481 e. The fraction of sp³-hybridized carbons (Fsp3) is 0.846. The van der Waals surface area contributed by atoms with E-state index in [1.165, 1.54) is 0 Å². The number of carboxylic acid groups (broad SMARTS) is 1. The molecular formula is C13H22N2O4. The SMILES string of the molecule is COC1CC(NC(=O)NCC2(CC(=O)O)CCC2)C1. The molecule has 3 N–H and O–H groups in total. The van der Waals surface area contributed by atoms with Crippen LogP contribution in [0.5, 0.6) is 0 Å². The van der Waals surface area contributed by atoms with Crippen molar-refractivity contribution < 1.29 is 19.4 Å². The summed E-state index contributed by atoms with van der Waals surface area (Å²) in [6.45, 7) is 0.450. The highest BCUT2D eigenvalue weighted by molar-refractivity contribution is 5.74. The maximum atomic E-state index is 11.7. The molecule has 0 aliphatic heterocycles. The van der Waals surface area contributed by atoms with Crippen LogP contribution >= 0.6 is 0 Å². The summed E-state index contributed by atoms with van der Waals surface area (Å²) in [7, 11) is 1.67. The zero-order chi connectivity index (χ0) is 13.9. The first-order chi connectivity index (χ1) is 9.03. The van der Waals surface area contributed by atoms with Crippen molar-refractivity contribution in [3.8, 4) is 0 Å². The first-order valence-corrected chi connectivity index (χ1v) is 6.82. The highest BCUT2D eigenvalue weighted by Crippen LogP contribution is 2.43. The number of nitrogens with one attached hydrogen (secondary N) is 2. The second-order valence-corrected chi connectivity index (χ2v) is 5.78. The van der Waals surface area contributed by atoms with Crippen molar-refractivity contribution in [3.63, 3.8) is 0 Å². The van der Waals surface area contributed by atoms with E-state index in [0.717, 1.165) is 32.1 Å². The predicted octanol–water partition coefficient (Wildman–Crippen LogP) is 1.11. The zero-order valence-electron chi connectivity index (χ0n) is 11.3. The molecule has 0 aromatic rings. The highest BCUT2D eigenvalue weighted by atomic mass is 16.5. The minimum absolute atomic E-state index is 0.141. The number of ether oxygens (including phenoxy) is 1. The van der Waals surface area contributed by atoms with Crippen LogP contribution in [-0.2, 0) is 9.53 Å². The van der Waals surface area contributed by atoms with E-state index < -0.39 is 5.97 Å². The van der Waals surface area contributed by atoms with E-state index in [2.05, 4.69) is 10.6 Å². The Labute approximate surface area is 112 Å². The fourth-order valence-electron chi connectivity index (χ4n) is 2.79. The van der Waals surface area contributed by atoms with Crippen LogP contribution in [0.4, 0.5) is 4.79 Å². The molecule has 108 valence electrons. The molecule has 0 unspecified atom stereocenters. The molecule has 2 rings (SSSR count). The normalized spacial score (nSPS) is 27.8. The number of rotatable bonds is 6. The molecule has 0 atom stereocenters. The van der Waals surface area contributed by atoms with Gasteiger partial charge >= 0.3 is 12.0 Å². The largest absolute Gasteiger partial charge is 0.481 e. The average molecular weight is 270 g/mol. The van der Waals surface area contributed by atoms with Crippen molar-refractivity contribution in [2.24, 2.45) is 5.41 Å². The van der Waals surface area contributed by atoms with E-state index in [-0.39, 0.29) is 30.0 Å². The quantitative estimate of drug-likeness (QED) is 0.674. The van der Waals surface area contributed by atoms with Crippen LogP contribution < -0.4 is 10.6 Å². The molecule has 6 heteroatoms. The van der Waals surface area contributed by atoms with Gasteiger partial charge in [-0.05, 0) is 31.1 Å². The summed E-state index contributed by atoms with van der Waals surface area (Å²) in [6, 6.07) is -0.0158. The van der Waals surface area contributed by atoms with Gasteiger partial charge in [0, 0.05) is 19.7 Å². The van der Waals surface area contributed by atoms with Gasteiger partial charge in [0.05, 0.1) is 12.5 Å². The molecule has 0 radical (unpaired) electrons. The molecule has 0 heterocycles. The number of hydrogen-bond donors (Lipinski definition) is 3. The maximum Gasteiger partial charge on any atom is 0.315 e. The van der Waals surface area contributed by atoms with Crippen molar-refractivity contribution in [2.45, 2.75) is 50.7 Å². The van der Waals surface area contributed by atoms with Gasteiger partial charge in [0.25, 0.3) is 0 Å². The molecular weight excluding hydrogens is 248 g/mol. The lowest BCUT2D eigenvalue weighted by Crippen LogP contribution is -2.53. The maximum absolute atomic E-state index is 11.7. The van der Waals surface area contributed by atoms with Crippen LogP contribution in [0, 0.1) is 5.41 Å². The fourth-order valence-corrected chi connectivity index (χ4v) is 2.79. The van der Waals surface area contributed by atoms with Crippen LogP contribution in [0.25, 0.3) is 0 Å². The van der Waals surface area contributed by atoms with Crippen LogP contribution in [0.1, 0.15) is 38.5 Å². The van der Waals surface area contributed by atoms with Crippen LogP contribution in [-0.4, -0.2) is 42.9 Å². The number of carbonyl (C=O) groups is 2.